The summed E-state index contributed by atoms with van der Waals surface area (Å²) in [7, 11) is 0. The summed E-state index contributed by atoms with van der Waals surface area (Å²) in [5.41, 5.74) is 1.68. The standard InChI is InChI=1S/C20H20N4O3/c25-19(17-13-16(22-23-17)18-7-4-12-27-18)21-15-8-10-24(11-9-15)20(26)14-5-2-1-3-6-14/h1-7,12-13,15H,8-11H2,(H,21,25)(H,22,23). The lowest BCUT2D eigenvalue weighted by atomic mass is 10.0. The van der Waals surface area contributed by atoms with Gasteiger partial charge < -0.3 is 14.6 Å². The monoisotopic (exact) mass is 364 g/mol. The Bertz CT molecular complexity index is 910. The average molecular weight is 364 g/mol. The molecule has 27 heavy (non-hydrogen) atoms. The minimum atomic E-state index is -0.225. The smallest absolute Gasteiger partial charge is 0.272 e. The Hall–Kier alpha value is -3.35. The Morgan fingerprint density at radius 3 is 2.59 bits per heavy atom. The van der Waals surface area contributed by atoms with Crippen molar-refractivity contribution in [1.82, 2.24) is 20.4 Å². The van der Waals surface area contributed by atoms with Crippen LogP contribution in [0.3, 0.4) is 0 Å². The molecule has 0 spiro atoms. The number of H-pyrrole nitrogens is 1. The van der Waals surface area contributed by atoms with E-state index in [-0.39, 0.29) is 17.9 Å². The van der Waals surface area contributed by atoms with Gasteiger partial charge >= 0.3 is 0 Å². The largest absolute Gasteiger partial charge is 0.463 e. The van der Waals surface area contributed by atoms with Gasteiger partial charge in [0.25, 0.3) is 11.8 Å². The van der Waals surface area contributed by atoms with Crippen LogP contribution in [-0.4, -0.2) is 46.0 Å². The predicted octanol–water partition coefficient (Wildman–Crippen LogP) is 2.70. The Labute approximate surface area is 156 Å². The molecule has 1 saturated heterocycles. The summed E-state index contributed by atoms with van der Waals surface area (Å²) in [6.07, 6.45) is 3.01. The highest BCUT2D eigenvalue weighted by Crippen LogP contribution is 2.18. The fourth-order valence-electron chi connectivity index (χ4n) is 3.25. The first-order valence-corrected chi connectivity index (χ1v) is 8.95. The Balaban J connectivity index is 1.31. The molecule has 7 heteroatoms. The quantitative estimate of drug-likeness (QED) is 0.745. The van der Waals surface area contributed by atoms with E-state index in [1.165, 1.54) is 0 Å². The number of amides is 2. The van der Waals surface area contributed by atoms with Crippen LogP contribution in [0.2, 0.25) is 0 Å². The number of piperidine rings is 1. The third kappa shape index (κ3) is 3.76. The molecule has 2 N–H and O–H groups in total. The molecule has 138 valence electrons. The van der Waals surface area contributed by atoms with Gasteiger partial charge in [-0.15, -0.1) is 0 Å². The number of hydrogen-bond donors (Lipinski definition) is 2. The van der Waals surface area contributed by atoms with Crippen LogP contribution in [0.4, 0.5) is 0 Å². The number of aromatic amines is 1. The van der Waals surface area contributed by atoms with Crippen LogP contribution in [0, 0.1) is 0 Å². The topological polar surface area (TPSA) is 91.2 Å². The van der Waals surface area contributed by atoms with Crippen molar-refractivity contribution in [3.05, 3.63) is 66.1 Å². The minimum Gasteiger partial charge on any atom is -0.463 e. The number of furan rings is 1. The van der Waals surface area contributed by atoms with Crippen molar-refractivity contribution < 1.29 is 14.0 Å². The number of likely N-dealkylation sites (tertiary alicyclic amines) is 1. The number of rotatable bonds is 4. The molecule has 0 unspecified atom stereocenters. The summed E-state index contributed by atoms with van der Waals surface area (Å²) < 4.78 is 5.29. The van der Waals surface area contributed by atoms with E-state index in [1.54, 1.807) is 24.5 Å². The van der Waals surface area contributed by atoms with E-state index >= 15 is 0 Å². The summed E-state index contributed by atoms with van der Waals surface area (Å²) in [5, 5.41) is 9.87. The third-order valence-electron chi connectivity index (χ3n) is 4.74. The Morgan fingerprint density at radius 2 is 1.89 bits per heavy atom. The van der Waals surface area contributed by atoms with Crippen LogP contribution in [0.5, 0.6) is 0 Å². The summed E-state index contributed by atoms with van der Waals surface area (Å²) >= 11 is 0. The second kappa shape index (κ2) is 7.49. The molecule has 0 atom stereocenters. The number of nitrogens with zero attached hydrogens (tertiary/aromatic N) is 2. The van der Waals surface area contributed by atoms with E-state index in [1.807, 2.05) is 35.2 Å². The maximum absolute atomic E-state index is 12.5. The van der Waals surface area contributed by atoms with Crippen molar-refractivity contribution in [1.29, 1.82) is 0 Å². The zero-order valence-corrected chi connectivity index (χ0v) is 14.7. The van der Waals surface area contributed by atoms with E-state index < -0.39 is 0 Å². The van der Waals surface area contributed by atoms with Crippen molar-refractivity contribution in [2.75, 3.05) is 13.1 Å². The van der Waals surface area contributed by atoms with Crippen molar-refractivity contribution >= 4 is 11.8 Å². The molecule has 2 aromatic heterocycles. The first-order chi connectivity index (χ1) is 13.2. The molecule has 0 radical (unpaired) electrons. The van der Waals surface area contributed by atoms with Gasteiger partial charge in [-0.2, -0.15) is 5.10 Å². The highest BCUT2D eigenvalue weighted by Gasteiger charge is 2.25. The average Bonchev–Trinajstić information content (AvgIpc) is 3.40. The van der Waals surface area contributed by atoms with Gasteiger partial charge in [0.1, 0.15) is 5.69 Å². The first kappa shape index (κ1) is 17.1. The van der Waals surface area contributed by atoms with Gasteiger partial charge in [-0.1, -0.05) is 18.2 Å². The SMILES string of the molecule is O=C(NC1CCN(C(=O)c2ccccc2)CC1)c1cc(-c2ccco2)[nH]n1. The van der Waals surface area contributed by atoms with E-state index in [0.717, 1.165) is 12.8 Å². The molecule has 1 aromatic carbocycles. The van der Waals surface area contributed by atoms with Gasteiger partial charge in [0.15, 0.2) is 11.5 Å². The van der Waals surface area contributed by atoms with Crippen molar-refractivity contribution in [2.24, 2.45) is 0 Å². The molecule has 3 heterocycles. The van der Waals surface area contributed by atoms with Crippen molar-refractivity contribution in [2.45, 2.75) is 18.9 Å². The highest BCUT2D eigenvalue weighted by atomic mass is 16.3. The van der Waals surface area contributed by atoms with E-state index in [0.29, 0.717) is 35.8 Å². The van der Waals surface area contributed by atoms with E-state index in [4.69, 9.17) is 4.42 Å². The molecule has 7 nitrogen and oxygen atoms in total. The van der Waals surface area contributed by atoms with Crippen LogP contribution >= 0.6 is 0 Å². The number of carbonyl (C=O) groups is 2. The summed E-state index contributed by atoms with van der Waals surface area (Å²) in [5.74, 6) is 0.446. The zero-order chi connectivity index (χ0) is 18.6. The van der Waals surface area contributed by atoms with E-state index in [2.05, 4.69) is 15.5 Å². The van der Waals surface area contributed by atoms with E-state index in [9.17, 15) is 9.59 Å². The Morgan fingerprint density at radius 1 is 1.11 bits per heavy atom. The molecule has 0 saturated carbocycles. The number of hydrogen-bond acceptors (Lipinski definition) is 4. The fraction of sp³-hybridized carbons (Fsp3) is 0.250. The lowest BCUT2D eigenvalue weighted by Gasteiger charge is -2.32. The Kier molecular flexibility index (Phi) is 4.74. The lowest BCUT2D eigenvalue weighted by molar-refractivity contribution is 0.0697. The normalized spacial score (nSPS) is 14.9. The highest BCUT2D eigenvalue weighted by molar-refractivity contribution is 5.94. The second-order valence-corrected chi connectivity index (χ2v) is 6.55. The van der Waals surface area contributed by atoms with Crippen LogP contribution in [-0.2, 0) is 0 Å². The fourth-order valence-corrected chi connectivity index (χ4v) is 3.25. The lowest BCUT2D eigenvalue weighted by Crippen LogP contribution is -2.46. The molecule has 3 aromatic rings. The third-order valence-corrected chi connectivity index (χ3v) is 4.74. The number of carbonyl (C=O) groups excluding carboxylic acids is 2. The van der Waals surface area contributed by atoms with Crippen molar-refractivity contribution in [3.63, 3.8) is 0 Å². The molecule has 1 fully saturated rings. The van der Waals surface area contributed by atoms with Gasteiger partial charge in [0.2, 0.25) is 0 Å². The zero-order valence-electron chi connectivity index (χ0n) is 14.7. The van der Waals surface area contributed by atoms with Gasteiger partial charge in [0.05, 0.1) is 6.26 Å². The van der Waals surface area contributed by atoms with Gasteiger partial charge in [-0.25, -0.2) is 0 Å². The van der Waals surface area contributed by atoms with Gasteiger partial charge in [-0.05, 0) is 37.1 Å². The number of benzene rings is 1. The second-order valence-electron chi connectivity index (χ2n) is 6.55. The molecule has 4 rings (SSSR count). The molecular formula is C20H20N4O3. The molecule has 0 aliphatic carbocycles. The van der Waals surface area contributed by atoms with Crippen LogP contribution in [0.1, 0.15) is 33.7 Å². The predicted molar refractivity (Wildman–Crippen MR) is 99.1 cm³/mol. The van der Waals surface area contributed by atoms with Crippen LogP contribution in [0.25, 0.3) is 11.5 Å². The van der Waals surface area contributed by atoms with Gasteiger partial charge in [-0.3, -0.25) is 14.7 Å². The van der Waals surface area contributed by atoms with Gasteiger partial charge in [0, 0.05) is 30.8 Å². The first-order valence-electron chi connectivity index (χ1n) is 8.95. The molecule has 1 aliphatic rings. The summed E-state index contributed by atoms with van der Waals surface area (Å²) in [4.78, 5) is 26.7. The minimum absolute atomic E-state index is 0.0288. The van der Waals surface area contributed by atoms with Crippen LogP contribution < -0.4 is 5.32 Å². The maximum atomic E-state index is 12.5. The van der Waals surface area contributed by atoms with Crippen LogP contribution in [0.15, 0.2) is 59.2 Å². The number of nitrogens with one attached hydrogen (secondary N) is 2. The molecular weight excluding hydrogens is 344 g/mol. The maximum Gasteiger partial charge on any atom is 0.272 e. The summed E-state index contributed by atoms with van der Waals surface area (Å²) in [6, 6.07) is 14.5. The molecule has 0 bridgehead atoms. The van der Waals surface area contributed by atoms with Crippen molar-refractivity contribution in [3.8, 4) is 11.5 Å². The molecule has 1 aliphatic heterocycles. The summed E-state index contributed by atoms with van der Waals surface area (Å²) in [6.45, 7) is 1.24. The molecule has 2 amide bonds. The number of aromatic nitrogens is 2.